The Morgan fingerprint density at radius 3 is 2.53 bits per heavy atom. The van der Waals surface area contributed by atoms with Crippen molar-refractivity contribution in [2.24, 2.45) is 0 Å². The van der Waals surface area contributed by atoms with Crippen LogP contribution in [0.25, 0.3) is 22.6 Å². The molecular formula is C25H27N5O2. The van der Waals surface area contributed by atoms with Crippen LogP contribution in [0, 0.1) is 0 Å². The molecule has 4 rings (SSSR count). The summed E-state index contributed by atoms with van der Waals surface area (Å²) in [7, 11) is 1.77. The first-order valence-corrected chi connectivity index (χ1v) is 10.8. The van der Waals surface area contributed by atoms with Crippen molar-refractivity contribution in [3.05, 3.63) is 81.9 Å². The maximum absolute atomic E-state index is 12.6. The lowest BCUT2D eigenvalue weighted by Crippen LogP contribution is -2.26. The van der Waals surface area contributed by atoms with Gasteiger partial charge in [-0.25, -0.2) is 14.8 Å². The van der Waals surface area contributed by atoms with Gasteiger partial charge in [0.15, 0.2) is 11.5 Å². The molecule has 164 valence electrons. The first kappa shape index (κ1) is 21.5. The molecule has 7 heteroatoms. The van der Waals surface area contributed by atoms with Crippen molar-refractivity contribution < 1.29 is 4.79 Å². The van der Waals surface area contributed by atoms with E-state index in [1.807, 2.05) is 37.3 Å². The average molecular weight is 430 g/mol. The van der Waals surface area contributed by atoms with Crippen LogP contribution in [0.3, 0.4) is 0 Å². The predicted molar refractivity (Wildman–Crippen MR) is 126 cm³/mol. The number of hydrogen-bond donors (Lipinski definition) is 1. The second-order valence-corrected chi connectivity index (χ2v) is 8.21. The normalized spacial score (nSPS) is 11.3. The average Bonchev–Trinajstić information content (AvgIpc) is 3.12. The molecule has 4 aromatic rings. The number of aromatic nitrogens is 4. The standard InChI is InChI=1S/C25H27N5O2/c1-5-29(4)24(31)18-12-10-17(11-13-18)15-30-23-21(27-25(30)32)14-26-22(28-23)20-9-7-6-8-19(20)16(2)3/h6-14,16H,5,15H2,1-4H3,(H,27,32). The first-order chi connectivity index (χ1) is 15.4. The zero-order chi connectivity index (χ0) is 22.8. The van der Waals surface area contributed by atoms with Gasteiger partial charge >= 0.3 is 5.69 Å². The van der Waals surface area contributed by atoms with E-state index >= 15 is 0 Å². The monoisotopic (exact) mass is 429 g/mol. The summed E-state index contributed by atoms with van der Waals surface area (Å²) in [6.45, 7) is 7.20. The van der Waals surface area contributed by atoms with E-state index in [4.69, 9.17) is 4.98 Å². The smallest absolute Gasteiger partial charge is 0.328 e. The maximum atomic E-state index is 12.6. The molecule has 0 aliphatic rings. The molecule has 0 atom stereocenters. The van der Waals surface area contributed by atoms with Crippen LogP contribution in [0.15, 0.2) is 59.5 Å². The summed E-state index contributed by atoms with van der Waals surface area (Å²) >= 11 is 0. The van der Waals surface area contributed by atoms with Gasteiger partial charge in [0.25, 0.3) is 5.91 Å². The Morgan fingerprint density at radius 1 is 1.12 bits per heavy atom. The van der Waals surface area contributed by atoms with Crippen LogP contribution in [0.4, 0.5) is 0 Å². The minimum absolute atomic E-state index is 0.0236. The molecule has 0 saturated heterocycles. The van der Waals surface area contributed by atoms with Crippen molar-refractivity contribution in [1.29, 1.82) is 0 Å². The second-order valence-electron chi connectivity index (χ2n) is 8.21. The summed E-state index contributed by atoms with van der Waals surface area (Å²) in [5.41, 5.74) is 4.57. The summed E-state index contributed by atoms with van der Waals surface area (Å²) in [6, 6.07) is 15.4. The largest absolute Gasteiger partial charge is 0.342 e. The lowest BCUT2D eigenvalue weighted by Gasteiger charge is -2.14. The minimum Gasteiger partial charge on any atom is -0.342 e. The Labute approximate surface area is 186 Å². The van der Waals surface area contributed by atoms with Crippen molar-refractivity contribution in [1.82, 2.24) is 24.4 Å². The molecule has 32 heavy (non-hydrogen) atoms. The Hall–Kier alpha value is -3.74. The summed E-state index contributed by atoms with van der Waals surface area (Å²) in [6.07, 6.45) is 1.66. The summed E-state index contributed by atoms with van der Waals surface area (Å²) in [5, 5.41) is 0. The van der Waals surface area contributed by atoms with Crippen LogP contribution in [-0.4, -0.2) is 43.9 Å². The fourth-order valence-electron chi connectivity index (χ4n) is 3.73. The molecule has 0 spiro atoms. The number of benzene rings is 2. The molecule has 0 unspecified atom stereocenters. The zero-order valence-electron chi connectivity index (χ0n) is 18.8. The Kier molecular flexibility index (Phi) is 5.90. The number of imidazole rings is 1. The maximum Gasteiger partial charge on any atom is 0.328 e. The van der Waals surface area contributed by atoms with Crippen molar-refractivity contribution >= 4 is 17.1 Å². The van der Waals surface area contributed by atoms with Crippen LogP contribution >= 0.6 is 0 Å². The SMILES string of the molecule is CCN(C)C(=O)c1ccc(Cn2c(=O)[nH]c3cnc(-c4ccccc4C(C)C)nc32)cc1. The van der Waals surface area contributed by atoms with Gasteiger partial charge in [0.1, 0.15) is 5.52 Å². The molecule has 0 fully saturated rings. The molecule has 0 bridgehead atoms. The predicted octanol–water partition coefficient (Wildman–Crippen LogP) is 4.05. The molecule has 1 N–H and O–H groups in total. The van der Waals surface area contributed by atoms with Crippen molar-refractivity contribution in [3.8, 4) is 11.4 Å². The number of rotatable bonds is 6. The Balaban J connectivity index is 1.70. The zero-order valence-corrected chi connectivity index (χ0v) is 18.8. The molecule has 2 aromatic carbocycles. The van der Waals surface area contributed by atoms with E-state index in [-0.39, 0.29) is 11.6 Å². The minimum atomic E-state index is -0.241. The van der Waals surface area contributed by atoms with E-state index in [0.29, 0.717) is 41.6 Å². The van der Waals surface area contributed by atoms with Gasteiger partial charge in [0.05, 0.1) is 12.7 Å². The van der Waals surface area contributed by atoms with Crippen LogP contribution in [0.5, 0.6) is 0 Å². The number of hydrogen-bond acceptors (Lipinski definition) is 4. The lowest BCUT2D eigenvalue weighted by atomic mass is 9.97. The van der Waals surface area contributed by atoms with E-state index in [2.05, 4.69) is 29.9 Å². The highest BCUT2D eigenvalue weighted by molar-refractivity contribution is 5.94. The van der Waals surface area contributed by atoms with Crippen LogP contribution in [0.2, 0.25) is 0 Å². The third-order valence-corrected chi connectivity index (χ3v) is 5.70. The van der Waals surface area contributed by atoms with E-state index in [1.165, 1.54) is 0 Å². The van der Waals surface area contributed by atoms with Crippen molar-refractivity contribution in [2.45, 2.75) is 33.2 Å². The Morgan fingerprint density at radius 2 is 1.84 bits per heavy atom. The number of carbonyl (C=O) groups is 1. The van der Waals surface area contributed by atoms with Gasteiger partial charge in [-0.2, -0.15) is 0 Å². The van der Waals surface area contributed by atoms with Gasteiger partial charge in [0.2, 0.25) is 0 Å². The van der Waals surface area contributed by atoms with E-state index in [1.54, 1.807) is 34.8 Å². The number of carbonyl (C=O) groups excluding carboxylic acids is 1. The first-order valence-electron chi connectivity index (χ1n) is 10.8. The summed E-state index contributed by atoms with van der Waals surface area (Å²) < 4.78 is 1.60. The summed E-state index contributed by atoms with van der Waals surface area (Å²) in [4.78, 5) is 38.7. The van der Waals surface area contributed by atoms with Gasteiger partial charge in [-0.15, -0.1) is 0 Å². The van der Waals surface area contributed by atoms with E-state index in [9.17, 15) is 9.59 Å². The van der Waals surface area contributed by atoms with Crippen LogP contribution in [0.1, 0.15) is 48.2 Å². The highest BCUT2D eigenvalue weighted by atomic mass is 16.2. The number of nitrogens with zero attached hydrogens (tertiary/aromatic N) is 4. The highest BCUT2D eigenvalue weighted by Crippen LogP contribution is 2.27. The fraction of sp³-hybridized carbons (Fsp3) is 0.280. The Bertz CT molecular complexity index is 1320. The summed E-state index contributed by atoms with van der Waals surface area (Å²) in [5.74, 6) is 0.898. The molecule has 1 amide bonds. The van der Waals surface area contributed by atoms with Crippen molar-refractivity contribution in [2.75, 3.05) is 13.6 Å². The topological polar surface area (TPSA) is 83.9 Å². The quantitative estimate of drug-likeness (QED) is 0.501. The van der Waals surface area contributed by atoms with E-state index in [0.717, 1.165) is 16.7 Å². The molecule has 2 aromatic heterocycles. The van der Waals surface area contributed by atoms with Gasteiger partial charge in [-0.05, 0) is 36.1 Å². The lowest BCUT2D eigenvalue weighted by molar-refractivity contribution is 0.0802. The molecular weight excluding hydrogens is 402 g/mol. The fourth-order valence-corrected chi connectivity index (χ4v) is 3.73. The molecule has 0 saturated carbocycles. The van der Waals surface area contributed by atoms with Gasteiger partial charge in [-0.3, -0.25) is 9.36 Å². The number of fused-ring (bicyclic) bond motifs is 1. The number of aromatic amines is 1. The molecule has 0 aliphatic carbocycles. The molecule has 0 radical (unpaired) electrons. The van der Waals surface area contributed by atoms with Crippen LogP contribution < -0.4 is 5.69 Å². The van der Waals surface area contributed by atoms with Crippen molar-refractivity contribution in [3.63, 3.8) is 0 Å². The molecule has 2 heterocycles. The van der Waals surface area contributed by atoms with Crippen LogP contribution in [-0.2, 0) is 6.54 Å². The van der Waals surface area contributed by atoms with E-state index < -0.39 is 0 Å². The number of nitrogens with one attached hydrogen (secondary N) is 1. The second kappa shape index (κ2) is 8.78. The third-order valence-electron chi connectivity index (χ3n) is 5.70. The highest BCUT2D eigenvalue weighted by Gasteiger charge is 2.15. The molecule has 0 aliphatic heterocycles. The number of H-pyrrole nitrogens is 1. The molecule has 7 nitrogen and oxygen atoms in total. The number of amides is 1. The van der Waals surface area contributed by atoms with Gasteiger partial charge in [0, 0.05) is 24.7 Å². The van der Waals surface area contributed by atoms with Gasteiger partial charge < -0.3 is 9.88 Å². The van der Waals surface area contributed by atoms with Gasteiger partial charge in [-0.1, -0.05) is 50.2 Å². The third kappa shape index (κ3) is 4.06.